The van der Waals surface area contributed by atoms with Gasteiger partial charge in [-0.25, -0.2) is 15.0 Å². The topological polar surface area (TPSA) is 47.9 Å². The van der Waals surface area contributed by atoms with E-state index in [1.54, 1.807) is 0 Å². The Hall–Kier alpha value is -6.39. The molecule has 7 aromatic carbocycles. The second kappa shape index (κ2) is 11.2. The lowest BCUT2D eigenvalue weighted by Gasteiger charge is -2.22. The van der Waals surface area contributed by atoms with Gasteiger partial charge in [0.15, 0.2) is 17.5 Å². The van der Waals surface area contributed by atoms with Crippen LogP contribution in [0.5, 0.6) is 11.5 Å². The van der Waals surface area contributed by atoms with Crippen molar-refractivity contribution in [2.75, 3.05) is 0 Å². The predicted octanol–water partition coefficient (Wildman–Crippen LogP) is 11.1. The van der Waals surface area contributed by atoms with Crippen molar-refractivity contribution in [3.63, 3.8) is 0 Å². The normalized spacial score (nSPS) is 11.6. The van der Waals surface area contributed by atoms with Crippen molar-refractivity contribution in [1.82, 2.24) is 15.0 Å². The molecule has 0 saturated carbocycles. The van der Waals surface area contributed by atoms with E-state index in [0.717, 1.165) is 61.4 Å². The molecule has 0 atom stereocenters. The first-order valence-electron chi connectivity index (χ1n) is 15.7. The average Bonchev–Trinajstić information content (AvgIpc) is 3.15. The summed E-state index contributed by atoms with van der Waals surface area (Å²) >= 11 is 0. The van der Waals surface area contributed by atoms with Crippen molar-refractivity contribution < 1.29 is 4.74 Å². The number of nitrogens with zero attached hydrogens (tertiary/aromatic N) is 3. The molecule has 220 valence electrons. The van der Waals surface area contributed by atoms with Gasteiger partial charge in [-0.2, -0.15) is 0 Å². The molecule has 8 aromatic rings. The maximum Gasteiger partial charge on any atom is 0.164 e. The van der Waals surface area contributed by atoms with Gasteiger partial charge in [0, 0.05) is 27.6 Å². The lowest BCUT2D eigenvalue weighted by molar-refractivity contribution is 0.487. The van der Waals surface area contributed by atoms with Crippen molar-refractivity contribution >= 4 is 10.8 Å². The number of rotatable bonds is 5. The van der Waals surface area contributed by atoms with Crippen LogP contribution in [0.3, 0.4) is 0 Å². The van der Waals surface area contributed by atoms with E-state index < -0.39 is 0 Å². The summed E-state index contributed by atoms with van der Waals surface area (Å²) < 4.78 is 6.46. The number of hydrogen-bond donors (Lipinski definition) is 0. The van der Waals surface area contributed by atoms with Gasteiger partial charge in [0.1, 0.15) is 11.5 Å². The number of benzene rings is 7. The number of hydrogen-bond acceptors (Lipinski definition) is 4. The van der Waals surface area contributed by atoms with E-state index in [1.807, 2.05) is 48.5 Å². The van der Waals surface area contributed by atoms with Crippen LogP contribution in [-0.4, -0.2) is 15.0 Å². The second-order valence-corrected chi connectivity index (χ2v) is 11.7. The SMILES string of the molecule is c1ccc(-c2cccc(-c3nc(-c4ccccc4)nc(-c4cccc(-c5ccc6c(c5)Oc5cccc7cccc-6c57)c4)n3)c2)cc1. The van der Waals surface area contributed by atoms with Crippen LogP contribution >= 0.6 is 0 Å². The Kier molecular flexibility index (Phi) is 6.43. The summed E-state index contributed by atoms with van der Waals surface area (Å²) in [4.78, 5) is 15.0. The minimum atomic E-state index is 0.621. The minimum Gasteiger partial charge on any atom is -0.456 e. The van der Waals surface area contributed by atoms with Crippen molar-refractivity contribution in [2.24, 2.45) is 0 Å². The molecule has 0 radical (unpaired) electrons. The van der Waals surface area contributed by atoms with E-state index in [1.165, 1.54) is 10.9 Å². The molecular formula is C43H27N3O. The number of aromatic nitrogens is 3. The maximum atomic E-state index is 6.46. The molecule has 0 aliphatic carbocycles. The fourth-order valence-electron chi connectivity index (χ4n) is 6.40. The summed E-state index contributed by atoms with van der Waals surface area (Å²) in [6.45, 7) is 0. The van der Waals surface area contributed by atoms with Gasteiger partial charge in [-0.1, -0.05) is 133 Å². The lowest BCUT2D eigenvalue weighted by atomic mass is 9.92. The standard InChI is InChI=1S/C43H27N3O/c1-3-11-28(12-4-1)31-17-7-19-34(25-31)42-44-41(30-13-5-2-6-14-30)45-43(46-42)35-20-8-18-32(26-35)33-23-24-36-37-21-9-15-29-16-10-22-38(40(29)37)47-39(36)27-33/h1-27H. The van der Waals surface area contributed by atoms with Gasteiger partial charge in [0.05, 0.1) is 0 Å². The first kappa shape index (κ1) is 27.0. The number of ether oxygens (including phenoxy) is 1. The molecule has 9 rings (SSSR count). The molecule has 0 unspecified atom stereocenters. The van der Waals surface area contributed by atoms with E-state index in [2.05, 4.69) is 115 Å². The highest BCUT2D eigenvalue weighted by molar-refractivity contribution is 6.04. The first-order chi connectivity index (χ1) is 23.3. The fourth-order valence-corrected chi connectivity index (χ4v) is 6.40. The van der Waals surface area contributed by atoms with Gasteiger partial charge >= 0.3 is 0 Å². The molecule has 0 amide bonds. The third-order valence-electron chi connectivity index (χ3n) is 8.71. The highest BCUT2D eigenvalue weighted by atomic mass is 16.5. The van der Waals surface area contributed by atoms with Gasteiger partial charge in [-0.15, -0.1) is 0 Å². The highest BCUT2D eigenvalue weighted by Crippen LogP contribution is 2.47. The molecular weight excluding hydrogens is 574 g/mol. The Balaban J connectivity index is 1.14. The molecule has 4 heteroatoms. The molecule has 1 aromatic heterocycles. The molecule has 0 spiro atoms. The summed E-state index contributed by atoms with van der Waals surface area (Å²) in [6.07, 6.45) is 0. The van der Waals surface area contributed by atoms with E-state index in [9.17, 15) is 0 Å². The van der Waals surface area contributed by atoms with Gasteiger partial charge in [0.2, 0.25) is 0 Å². The van der Waals surface area contributed by atoms with Gasteiger partial charge < -0.3 is 4.74 Å². The molecule has 47 heavy (non-hydrogen) atoms. The third-order valence-corrected chi connectivity index (χ3v) is 8.71. The molecule has 0 bridgehead atoms. The van der Waals surface area contributed by atoms with Crippen LogP contribution in [0, 0.1) is 0 Å². The van der Waals surface area contributed by atoms with Crippen molar-refractivity contribution in [1.29, 1.82) is 0 Å². The van der Waals surface area contributed by atoms with Crippen LogP contribution in [0.2, 0.25) is 0 Å². The zero-order chi connectivity index (χ0) is 31.2. The van der Waals surface area contributed by atoms with Crippen LogP contribution in [0.1, 0.15) is 0 Å². The summed E-state index contributed by atoms with van der Waals surface area (Å²) in [5.74, 6) is 3.63. The molecule has 2 heterocycles. The zero-order valence-electron chi connectivity index (χ0n) is 25.3. The summed E-state index contributed by atoms with van der Waals surface area (Å²) in [5.41, 5.74) is 9.46. The van der Waals surface area contributed by atoms with Gasteiger partial charge in [-0.05, 0) is 63.5 Å². The van der Waals surface area contributed by atoms with Gasteiger partial charge in [0.25, 0.3) is 0 Å². The van der Waals surface area contributed by atoms with Crippen molar-refractivity contribution in [3.8, 4) is 79.0 Å². The maximum absolute atomic E-state index is 6.46. The van der Waals surface area contributed by atoms with Crippen LogP contribution in [0.4, 0.5) is 0 Å². The molecule has 1 aliphatic heterocycles. The third kappa shape index (κ3) is 4.93. The number of fused-ring (bicyclic) bond motifs is 2. The predicted molar refractivity (Wildman–Crippen MR) is 190 cm³/mol. The van der Waals surface area contributed by atoms with Crippen LogP contribution < -0.4 is 4.74 Å². The van der Waals surface area contributed by atoms with Crippen molar-refractivity contribution in [2.45, 2.75) is 0 Å². The Morgan fingerprint density at radius 2 is 0.830 bits per heavy atom. The first-order valence-corrected chi connectivity index (χ1v) is 15.7. The molecule has 0 saturated heterocycles. The van der Waals surface area contributed by atoms with E-state index >= 15 is 0 Å². The Morgan fingerprint density at radius 3 is 1.51 bits per heavy atom. The summed E-state index contributed by atoms with van der Waals surface area (Å²) in [6, 6.07) is 56.3. The van der Waals surface area contributed by atoms with Crippen LogP contribution in [0.25, 0.3) is 78.3 Å². The second-order valence-electron chi connectivity index (χ2n) is 11.7. The fraction of sp³-hybridized carbons (Fsp3) is 0. The van der Waals surface area contributed by atoms with E-state index in [4.69, 9.17) is 19.7 Å². The van der Waals surface area contributed by atoms with Gasteiger partial charge in [-0.3, -0.25) is 0 Å². The highest BCUT2D eigenvalue weighted by Gasteiger charge is 2.20. The lowest BCUT2D eigenvalue weighted by Crippen LogP contribution is -2.00. The van der Waals surface area contributed by atoms with Crippen molar-refractivity contribution in [3.05, 3.63) is 164 Å². The summed E-state index contributed by atoms with van der Waals surface area (Å²) in [5, 5.41) is 2.34. The Bertz CT molecular complexity index is 2430. The van der Waals surface area contributed by atoms with Crippen LogP contribution in [-0.2, 0) is 0 Å². The van der Waals surface area contributed by atoms with Crippen LogP contribution in [0.15, 0.2) is 164 Å². The zero-order valence-corrected chi connectivity index (χ0v) is 25.3. The largest absolute Gasteiger partial charge is 0.456 e. The molecule has 0 N–H and O–H groups in total. The molecule has 4 nitrogen and oxygen atoms in total. The molecule has 0 fully saturated rings. The summed E-state index contributed by atoms with van der Waals surface area (Å²) in [7, 11) is 0. The quantitative estimate of drug-likeness (QED) is 0.197. The smallest absolute Gasteiger partial charge is 0.164 e. The average molecular weight is 602 g/mol. The molecule has 1 aliphatic rings. The Labute approximate surface area is 272 Å². The monoisotopic (exact) mass is 601 g/mol. The van der Waals surface area contributed by atoms with E-state index in [0.29, 0.717) is 17.5 Å². The van der Waals surface area contributed by atoms with E-state index in [-0.39, 0.29) is 0 Å². The Morgan fingerprint density at radius 1 is 0.319 bits per heavy atom. The minimum absolute atomic E-state index is 0.621.